The molecular formula is C20H19Cl3F2N2O4. The minimum atomic E-state index is -1.54. The van der Waals surface area contributed by atoms with E-state index in [2.05, 4.69) is 10.6 Å². The normalized spacial score (nSPS) is 18.6. The van der Waals surface area contributed by atoms with Crippen molar-refractivity contribution in [1.29, 1.82) is 0 Å². The highest BCUT2D eigenvalue weighted by atomic mass is 35.5. The standard InChI is InChI=1S/C20H18Cl2F2N2O4.ClH/c21-14-2-1-10(5-15(14)22)18-11(8-25-3-4-30-18)9-26-19(27)12-6-16(23)17(24)7-13(12)20(28)29;/h1-2,5-7,11,18,25H,3-4,8-9H2,(H,26,27)(H,28,29);1H/t11-,18-;/m0./s1. The van der Waals surface area contributed by atoms with E-state index in [-0.39, 0.29) is 24.9 Å². The Morgan fingerprint density at radius 1 is 1.13 bits per heavy atom. The van der Waals surface area contributed by atoms with Gasteiger partial charge in [0.25, 0.3) is 5.91 Å². The molecular weight excluding hydrogens is 477 g/mol. The molecule has 3 N–H and O–H groups in total. The van der Waals surface area contributed by atoms with Gasteiger partial charge in [-0.2, -0.15) is 0 Å². The van der Waals surface area contributed by atoms with Gasteiger partial charge in [0.1, 0.15) is 0 Å². The number of rotatable bonds is 5. The van der Waals surface area contributed by atoms with Crippen molar-refractivity contribution in [2.45, 2.75) is 6.10 Å². The highest BCUT2D eigenvalue weighted by molar-refractivity contribution is 6.42. The Hall–Kier alpha value is -1.97. The van der Waals surface area contributed by atoms with Gasteiger partial charge >= 0.3 is 5.97 Å². The fourth-order valence-electron chi connectivity index (χ4n) is 3.26. The molecule has 0 aromatic heterocycles. The van der Waals surface area contributed by atoms with E-state index >= 15 is 0 Å². The molecule has 0 radical (unpaired) electrons. The van der Waals surface area contributed by atoms with Crippen molar-refractivity contribution in [3.05, 3.63) is 68.7 Å². The second-order valence-corrected chi connectivity index (χ2v) is 7.57. The third kappa shape index (κ3) is 6.05. The Bertz CT molecular complexity index is 978. The molecule has 1 aliphatic heterocycles. The van der Waals surface area contributed by atoms with Crippen LogP contribution in [0.2, 0.25) is 10.0 Å². The zero-order chi connectivity index (χ0) is 21.8. The van der Waals surface area contributed by atoms with E-state index in [1.807, 2.05) is 0 Å². The monoisotopic (exact) mass is 494 g/mol. The number of carboxylic acid groups (broad SMARTS) is 1. The van der Waals surface area contributed by atoms with Crippen LogP contribution in [0, 0.1) is 17.6 Å². The van der Waals surface area contributed by atoms with Crippen LogP contribution in [0.25, 0.3) is 0 Å². The number of benzene rings is 2. The van der Waals surface area contributed by atoms with E-state index in [0.29, 0.717) is 41.9 Å². The maximum atomic E-state index is 13.6. The third-order valence-electron chi connectivity index (χ3n) is 4.74. The molecule has 0 spiro atoms. The average molecular weight is 496 g/mol. The van der Waals surface area contributed by atoms with Crippen molar-refractivity contribution >= 4 is 47.5 Å². The second-order valence-electron chi connectivity index (χ2n) is 6.76. The lowest BCUT2D eigenvalue weighted by Gasteiger charge is -2.26. The van der Waals surface area contributed by atoms with Crippen molar-refractivity contribution in [3.63, 3.8) is 0 Å². The molecule has 2 atom stereocenters. The number of hydrogen-bond acceptors (Lipinski definition) is 4. The van der Waals surface area contributed by atoms with Crippen LogP contribution >= 0.6 is 35.6 Å². The predicted octanol–water partition coefficient (Wildman–Crippen LogP) is 4.10. The molecule has 2 aromatic rings. The number of halogens is 5. The van der Waals surface area contributed by atoms with E-state index < -0.39 is 40.7 Å². The van der Waals surface area contributed by atoms with Crippen LogP contribution in [-0.2, 0) is 4.74 Å². The molecule has 2 aromatic carbocycles. The molecule has 1 fully saturated rings. The summed E-state index contributed by atoms with van der Waals surface area (Å²) in [5.74, 6) is -5.26. The Balaban J connectivity index is 0.00000341. The van der Waals surface area contributed by atoms with Crippen molar-refractivity contribution in [2.24, 2.45) is 5.92 Å². The first-order valence-corrected chi connectivity index (χ1v) is 9.81. The maximum Gasteiger partial charge on any atom is 0.336 e. The summed E-state index contributed by atoms with van der Waals surface area (Å²) >= 11 is 12.1. The first-order valence-electron chi connectivity index (χ1n) is 9.05. The van der Waals surface area contributed by atoms with Crippen LogP contribution in [0.1, 0.15) is 32.4 Å². The number of hydrogen-bond donors (Lipinski definition) is 3. The first kappa shape index (κ1) is 25.3. The van der Waals surface area contributed by atoms with Gasteiger partial charge in [0.2, 0.25) is 0 Å². The lowest BCUT2D eigenvalue weighted by Crippen LogP contribution is -2.37. The van der Waals surface area contributed by atoms with Gasteiger partial charge in [0.15, 0.2) is 11.6 Å². The largest absolute Gasteiger partial charge is 0.478 e. The molecule has 11 heteroatoms. The van der Waals surface area contributed by atoms with E-state index in [1.165, 1.54) is 0 Å². The van der Waals surface area contributed by atoms with Gasteiger partial charge in [-0.05, 0) is 29.8 Å². The number of aromatic carboxylic acids is 1. The second kappa shape index (κ2) is 11.1. The molecule has 6 nitrogen and oxygen atoms in total. The van der Waals surface area contributed by atoms with Crippen LogP contribution in [-0.4, -0.2) is 43.2 Å². The van der Waals surface area contributed by atoms with Gasteiger partial charge in [-0.3, -0.25) is 4.79 Å². The molecule has 0 unspecified atom stereocenters. The number of carbonyl (C=O) groups excluding carboxylic acids is 1. The van der Waals surface area contributed by atoms with Crippen molar-refractivity contribution in [2.75, 3.05) is 26.2 Å². The average Bonchev–Trinajstić information content (AvgIpc) is 2.95. The van der Waals surface area contributed by atoms with E-state index in [0.717, 1.165) is 5.56 Å². The Morgan fingerprint density at radius 2 is 1.81 bits per heavy atom. The topological polar surface area (TPSA) is 87.7 Å². The zero-order valence-electron chi connectivity index (χ0n) is 16.0. The summed E-state index contributed by atoms with van der Waals surface area (Å²) < 4.78 is 32.9. The summed E-state index contributed by atoms with van der Waals surface area (Å²) in [5.41, 5.74) is -0.316. The van der Waals surface area contributed by atoms with Crippen LogP contribution in [0.4, 0.5) is 8.78 Å². The lowest BCUT2D eigenvalue weighted by molar-refractivity contribution is 0.0305. The van der Waals surface area contributed by atoms with Gasteiger partial charge in [-0.15, -0.1) is 12.4 Å². The molecule has 0 bridgehead atoms. The third-order valence-corrected chi connectivity index (χ3v) is 5.48. The molecule has 1 heterocycles. The molecule has 31 heavy (non-hydrogen) atoms. The summed E-state index contributed by atoms with van der Waals surface area (Å²) in [6, 6.07) is 6.17. The maximum absolute atomic E-state index is 13.6. The number of nitrogens with one attached hydrogen (secondary N) is 2. The molecule has 1 amide bonds. The Labute approximate surface area is 193 Å². The van der Waals surface area contributed by atoms with E-state index in [4.69, 9.17) is 27.9 Å². The zero-order valence-corrected chi connectivity index (χ0v) is 18.3. The fourth-order valence-corrected chi connectivity index (χ4v) is 3.56. The molecule has 0 aliphatic carbocycles. The number of carboxylic acids is 1. The quantitative estimate of drug-likeness (QED) is 0.581. The van der Waals surface area contributed by atoms with Gasteiger partial charge < -0.3 is 20.5 Å². The fraction of sp³-hybridized carbons (Fsp3) is 0.300. The molecule has 1 saturated heterocycles. The minimum absolute atomic E-state index is 0. The molecule has 3 rings (SSSR count). The molecule has 0 saturated carbocycles. The predicted molar refractivity (Wildman–Crippen MR) is 114 cm³/mol. The van der Waals surface area contributed by atoms with Gasteiger partial charge in [-0.1, -0.05) is 29.3 Å². The summed E-state index contributed by atoms with van der Waals surface area (Å²) in [7, 11) is 0. The number of amides is 1. The first-order chi connectivity index (χ1) is 14.3. The number of ether oxygens (including phenoxy) is 1. The van der Waals surface area contributed by atoms with Crippen molar-refractivity contribution < 1.29 is 28.2 Å². The van der Waals surface area contributed by atoms with Gasteiger partial charge in [0, 0.05) is 25.6 Å². The molecule has 1 aliphatic rings. The Morgan fingerprint density at radius 3 is 2.45 bits per heavy atom. The van der Waals surface area contributed by atoms with Gasteiger partial charge in [0.05, 0.1) is 33.9 Å². The van der Waals surface area contributed by atoms with Crippen molar-refractivity contribution in [3.8, 4) is 0 Å². The SMILES string of the molecule is Cl.O=C(O)c1cc(F)c(F)cc1C(=O)NC[C@@H]1CNCCO[C@H]1c1ccc(Cl)c(Cl)c1. The smallest absolute Gasteiger partial charge is 0.336 e. The van der Waals surface area contributed by atoms with Crippen LogP contribution in [0.5, 0.6) is 0 Å². The summed E-state index contributed by atoms with van der Waals surface area (Å²) in [5, 5.41) is 15.8. The molecule has 168 valence electrons. The van der Waals surface area contributed by atoms with E-state index in [9.17, 15) is 23.5 Å². The highest BCUT2D eigenvalue weighted by Gasteiger charge is 2.28. The lowest BCUT2D eigenvalue weighted by atomic mass is 9.95. The summed E-state index contributed by atoms with van der Waals surface area (Å²) in [4.78, 5) is 23.9. The minimum Gasteiger partial charge on any atom is -0.478 e. The summed E-state index contributed by atoms with van der Waals surface area (Å²) in [6.07, 6.45) is -0.418. The van der Waals surface area contributed by atoms with Crippen LogP contribution in [0.15, 0.2) is 30.3 Å². The summed E-state index contributed by atoms with van der Waals surface area (Å²) in [6.45, 7) is 1.62. The van der Waals surface area contributed by atoms with Crippen LogP contribution < -0.4 is 10.6 Å². The Kier molecular flexibility index (Phi) is 9.02. The van der Waals surface area contributed by atoms with E-state index in [1.54, 1.807) is 18.2 Å². The van der Waals surface area contributed by atoms with Crippen LogP contribution in [0.3, 0.4) is 0 Å². The van der Waals surface area contributed by atoms with Gasteiger partial charge in [-0.25, -0.2) is 13.6 Å². The van der Waals surface area contributed by atoms with Crippen molar-refractivity contribution in [1.82, 2.24) is 10.6 Å². The number of carbonyl (C=O) groups is 2. The highest BCUT2D eigenvalue weighted by Crippen LogP contribution is 2.32.